The maximum atomic E-state index is 12.1. The molecule has 0 saturated carbocycles. The quantitative estimate of drug-likeness (QED) is 0.0826. The summed E-state index contributed by atoms with van der Waals surface area (Å²) in [4.78, 5) is 32.3. The van der Waals surface area contributed by atoms with E-state index in [4.69, 9.17) is 24.8 Å². The number of esters is 1. The van der Waals surface area contributed by atoms with Gasteiger partial charge in [0.1, 0.15) is 6.61 Å². The number of hydrogen-bond acceptors (Lipinski definition) is 6. The van der Waals surface area contributed by atoms with Crippen LogP contribution in [-0.4, -0.2) is 59.7 Å². The summed E-state index contributed by atoms with van der Waals surface area (Å²) < 4.78 is 10.4. The molecule has 0 aromatic rings. The van der Waals surface area contributed by atoms with E-state index in [9.17, 15) is 14.4 Å². The molecule has 0 aromatic carbocycles. The van der Waals surface area contributed by atoms with Crippen LogP contribution in [0, 0.1) is 17.3 Å². The van der Waals surface area contributed by atoms with E-state index in [2.05, 4.69) is 34.6 Å². The number of hydrogen-bond donors (Lipinski definition) is 3. The van der Waals surface area contributed by atoms with Crippen LogP contribution in [0.1, 0.15) is 145 Å². The van der Waals surface area contributed by atoms with Gasteiger partial charge in [-0.25, -0.2) is 0 Å². The number of carboxylic acid groups (broad SMARTS) is 2. The van der Waals surface area contributed by atoms with Gasteiger partial charge in [0.05, 0.1) is 25.2 Å². The zero-order chi connectivity index (χ0) is 31.2. The van der Waals surface area contributed by atoms with Crippen LogP contribution in [0.3, 0.4) is 0 Å². The number of rotatable bonds is 23. The molecule has 0 heterocycles. The third-order valence-electron chi connectivity index (χ3n) is 6.84. The van der Waals surface area contributed by atoms with Gasteiger partial charge in [-0.2, -0.15) is 0 Å². The molecule has 8 heteroatoms. The van der Waals surface area contributed by atoms with Crippen molar-refractivity contribution in [1.82, 2.24) is 0 Å². The van der Waals surface area contributed by atoms with Crippen LogP contribution in [0.25, 0.3) is 0 Å². The van der Waals surface area contributed by atoms with Crippen LogP contribution in [0.15, 0.2) is 0 Å². The average molecular weight is 577 g/mol. The first kappa shape index (κ1) is 42.8. The fourth-order valence-electron chi connectivity index (χ4n) is 4.03. The fraction of sp³-hybridized carbons (Fsp3) is 0.906. The highest BCUT2D eigenvalue weighted by molar-refractivity contribution is 5.76. The van der Waals surface area contributed by atoms with Gasteiger partial charge in [0, 0.05) is 12.8 Å². The van der Waals surface area contributed by atoms with E-state index in [-0.39, 0.29) is 24.6 Å². The van der Waals surface area contributed by atoms with E-state index in [1.165, 1.54) is 25.7 Å². The van der Waals surface area contributed by atoms with Crippen LogP contribution >= 0.6 is 0 Å². The molecule has 0 unspecified atom stereocenters. The first-order valence-electron chi connectivity index (χ1n) is 15.7. The number of carbonyl (C=O) groups is 3. The Bertz CT molecular complexity index is 557. The van der Waals surface area contributed by atoms with E-state index in [0.29, 0.717) is 26.1 Å². The van der Waals surface area contributed by atoms with Crippen molar-refractivity contribution in [1.29, 1.82) is 0 Å². The summed E-state index contributed by atoms with van der Waals surface area (Å²) in [6, 6.07) is 0. The maximum absolute atomic E-state index is 12.1. The Morgan fingerprint density at radius 2 is 1.15 bits per heavy atom. The normalized spacial score (nSPS) is 10.9. The van der Waals surface area contributed by atoms with Crippen molar-refractivity contribution in [3.8, 4) is 0 Å². The van der Waals surface area contributed by atoms with Crippen molar-refractivity contribution >= 4 is 17.9 Å². The van der Waals surface area contributed by atoms with Crippen molar-refractivity contribution in [3.63, 3.8) is 0 Å². The molecule has 0 aliphatic carbocycles. The number of unbranched alkanes of at least 4 members (excludes halogenated alkanes) is 5. The van der Waals surface area contributed by atoms with E-state index >= 15 is 0 Å². The van der Waals surface area contributed by atoms with Crippen LogP contribution in [0.2, 0.25) is 0 Å². The van der Waals surface area contributed by atoms with E-state index in [0.717, 1.165) is 69.6 Å². The molecule has 0 fully saturated rings. The molecule has 0 saturated heterocycles. The average Bonchev–Trinajstić information content (AvgIpc) is 2.89. The lowest BCUT2D eigenvalue weighted by molar-refractivity contribution is -0.158. The Balaban J connectivity index is -0.000000541. The van der Waals surface area contributed by atoms with E-state index in [1.54, 1.807) is 0 Å². The lowest BCUT2D eigenvalue weighted by atomic mass is 9.78. The Hall–Kier alpha value is -1.67. The number of aliphatic hydroxyl groups is 1. The number of aliphatic carboxylic acids is 2. The summed E-state index contributed by atoms with van der Waals surface area (Å²) >= 11 is 0. The minimum absolute atomic E-state index is 0.00168. The third-order valence-corrected chi connectivity index (χ3v) is 6.84. The lowest BCUT2D eigenvalue weighted by Gasteiger charge is -2.29. The lowest BCUT2D eigenvalue weighted by Crippen LogP contribution is -2.32. The number of aliphatic hydroxyl groups excluding tert-OH is 1. The van der Waals surface area contributed by atoms with Crippen molar-refractivity contribution in [2.45, 2.75) is 145 Å². The maximum Gasteiger partial charge on any atom is 0.312 e. The monoisotopic (exact) mass is 576 g/mol. The Kier molecular flexibility index (Phi) is 32.4. The molecule has 0 aromatic heterocycles. The second-order valence-electron chi connectivity index (χ2n) is 11.3. The molecule has 3 N–H and O–H groups in total. The first-order valence-corrected chi connectivity index (χ1v) is 15.7. The molecule has 0 rings (SSSR count). The van der Waals surface area contributed by atoms with Gasteiger partial charge >= 0.3 is 17.9 Å². The standard InChI is InChI=1S/C14H28O4.2C9H18O2/c1-4-7-8-14(5-2,6-3)13(16)18-12-11-17-10-9-15;2*1-8(2)6-4-3-5-7-9(10)11/h15H,4-12H2,1-3H3;2*8H,3-7H2,1-2H3,(H,10,11). The van der Waals surface area contributed by atoms with Gasteiger partial charge in [-0.05, 0) is 43.9 Å². The molecule has 240 valence electrons. The molecule has 0 spiro atoms. The second-order valence-corrected chi connectivity index (χ2v) is 11.3. The molecular weight excluding hydrogens is 512 g/mol. The van der Waals surface area contributed by atoms with E-state index < -0.39 is 11.9 Å². The van der Waals surface area contributed by atoms with Crippen LogP contribution in [0.4, 0.5) is 0 Å². The first-order chi connectivity index (χ1) is 18.9. The van der Waals surface area contributed by atoms with Crippen molar-refractivity contribution < 1.29 is 39.2 Å². The second kappa shape index (κ2) is 30.3. The summed E-state index contributed by atoms with van der Waals surface area (Å²) in [5, 5.41) is 25.2. The summed E-state index contributed by atoms with van der Waals surface area (Å²) in [7, 11) is 0. The molecule has 0 radical (unpaired) electrons. The molecule has 0 bridgehead atoms. The largest absolute Gasteiger partial charge is 0.481 e. The Labute approximate surface area is 245 Å². The fourth-order valence-corrected chi connectivity index (χ4v) is 4.03. The molecule has 0 aliphatic heterocycles. The topological polar surface area (TPSA) is 130 Å². The zero-order valence-corrected chi connectivity index (χ0v) is 27.0. The molecule has 0 amide bonds. The zero-order valence-electron chi connectivity index (χ0n) is 27.0. The summed E-state index contributed by atoms with van der Waals surface area (Å²) in [6.45, 7) is 15.9. The Morgan fingerprint density at radius 1 is 0.675 bits per heavy atom. The highest BCUT2D eigenvalue weighted by atomic mass is 16.6. The van der Waals surface area contributed by atoms with Gasteiger partial charge in [-0.15, -0.1) is 0 Å². The summed E-state index contributed by atoms with van der Waals surface area (Å²) in [6.07, 6.45) is 13.9. The number of ether oxygens (including phenoxy) is 2. The van der Waals surface area contributed by atoms with Crippen LogP contribution < -0.4 is 0 Å². The minimum atomic E-state index is -0.672. The van der Waals surface area contributed by atoms with Gasteiger partial charge in [-0.3, -0.25) is 14.4 Å². The minimum Gasteiger partial charge on any atom is -0.481 e. The van der Waals surface area contributed by atoms with Crippen LogP contribution in [-0.2, 0) is 23.9 Å². The molecular formula is C32H64O8. The van der Waals surface area contributed by atoms with Gasteiger partial charge in [-0.1, -0.05) is 99.8 Å². The van der Waals surface area contributed by atoms with Crippen LogP contribution in [0.5, 0.6) is 0 Å². The van der Waals surface area contributed by atoms with Gasteiger partial charge in [0.2, 0.25) is 0 Å². The molecule has 8 nitrogen and oxygen atoms in total. The summed E-state index contributed by atoms with van der Waals surface area (Å²) in [5.41, 5.74) is -0.326. The van der Waals surface area contributed by atoms with Crippen molar-refractivity contribution in [3.05, 3.63) is 0 Å². The summed E-state index contributed by atoms with van der Waals surface area (Å²) in [5.74, 6) is 0.0531. The molecule has 0 aliphatic rings. The smallest absolute Gasteiger partial charge is 0.312 e. The number of carbonyl (C=O) groups excluding carboxylic acids is 1. The van der Waals surface area contributed by atoms with Crippen molar-refractivity contribution in [2.75, 3.05) is 26.4 Å². The molecule has 40 heavy (non-hydrogen) atoms. The highest BCUT2D eigenvalue weighted by Gasteiger charge is 2.35. The molecule has 0 atom stereocenters. The SMILES string of the molecule is CC(C)CCCCCC(=O)O.CC(C)CCCCCC(=O)O.CCCCC(CC)(CC)C(=O)OCCOCCO. The Morgan fingerprint density at radius 3 is 1.50 bits per heavy atom. The predicted octanol–water partition coefficient (Wildman–Crippen LogP) is 7.89. The third kappa shape index (κ3) is 30.9. The van der Waals surface area contributed by atoms with E-state index in [1.807, 2.05) is 13.8 Å². The van der Waals surface area contributed by atoms with Gasteiger partial charge in [0.15, 0.2) is 0 Å². The van der Waals surface area contributed by atoms with Crippen molar-refractivity contribution in [2.24, 2.45) is 17.3 Å². The number of carboxylic acids is 2. The van der Waals surface area contributed by atoms with Gasteiger partial charge < -0.3 is 24.8 Å². The van der Waals surface area contributed by atoms with Gasteiger partial charge in [0.25, 0.3) is 0 Å². The predicted molar refractivity (Wildman–Crippen MR) is 163 cm³/mol. The highest BCUT2D eigenvalue weighted by Crippen LogP contribution is 2.34.